The number of piperazine rings is 1. The van der Waals surface area contributed by atoms with Gasteiger partial charge in [0.25, 0.3) is 0 Å². The van der Waals surface area contributed by atoms with Gasteiger partial charge in [0, 0.05) is 81.1 Å². The molecule has 3 aliphatic heterocycles. The van der Waals surface area contributed by atoms with Gasteiger partial charge in [0.15, 0.2) is 0 Å². The van der Waals surface area contributed by atoms with Crippen molar-refractivity contribution in [3.05, 3.63) is 28.6 Å². The van der Waals surface area contributed by atoms with Crippen LogP contribution in [0.5, 0.6) is 0 Å². The molecule has 0 saturated carbocycles. The molecule has 2 fully saturated rings. The number of allylic oxidation sites excluding steroid dienone is 2. The fraction of sp³-hybridized carbons (Fsp3) is 0.857. The molecular formula is C35H68N6. The highest BCUT2D eigenvalue weighted by Crippen LogP contribution is 2.45. The highest BCUT2D eigenvalue weighted by Gasteiger charge is 2.46. The van der Waals surface area contributed by atoms with Crippen molar-refractivity contribution in [2.45, 2.75) is 146 Å². The van der Waals surface area contributed by atoms with Crippen molar-refractivity contribution in [3.63, 3.8) is 0 Å². The fourth-order valence-corrected chi connectivity index (χ4v) is 6.30. The molecule has 6 nitrogen and oxygen atoms in total. The van der Waals surface area contributed by atoms with Gasteiger partial charge in [-0.25, -0.2) is 0 Å². The van der Waals surface area contributed by atoms with Crippen LogP contribution < -0.4 is 0 Å². The monoisotopic (exact) mass is 573 g/mol. The fourth-order valence-electron chi connectivity index (χ4n) is 6.30. The molecule has 6 heteroatoms. The number of rotatable bonds is 0. The van der Waals surface area contributed by atoms with Crippen LogP contribution in [0.15, 0.2) is 11.6 Å². The van der Waals surface area contributed by atoms with Crippen molar-refractivity contribution in [1.82, 2.24) is 29.4 Å². The number of aromatic nitrogens is 2. The Balaban J connectivity index is 0.000000213. The maximum atomic E-state index is 4.44. The molecule has 1 atom stereocenters. The molecule has 1 aromatic heterocycles. The van der Waals surface area contributed by atoms with Crippen molar-refractivity contribution in [2.24, 2.45) is 12.5 Å². The van der Waals surface area contributed by atoms with E-state index in [2.05, 4.69) is 121 Å². The lowest BCUT2D eigenvalue weighted by Gasteiger charge is -2.57. The van der Waals surface area contributed by atoms with Crippen LogP contribution in [0.1, 0.15) is 120 Å². The first-order valence-electron chi connectivity index (χ1n) is 15.8. The maximum Gasteiger partial charge on any atom is 0.0642 e. The van der Waals surface area contributed by atoms with E-state index < -0.39 is 0 Å². The molecule has 0 radical (unpaired) electrons. The van der Waals surface area contributed by atoms with Gasteiger partial charge in [-0.2, -0.15) is 5.10 Å². The smallest absolute Gasteiger partial charge is 0.0642 e. The van der Waals surface area contributed by atoms with Crippen LogP contribution in [0.25, 0.3) is 0 Å². The summed E-state index contributed by atoms with van der Waals surface area (Å²) >= 11 is 0. The third kappa shape index (κ3) is 9.14. The van der Waals surface area contributed by atoms with Crippen molar-refractivity contribution in [2.75, 3.05) is 39.8 Å². The van der Waals surface area contributed by atoms with E-state index in [0.717, 1.165) is 13.1 Å². The summed E-state index contributed by atoms with van der Waals surface area (Å²) in [5, 5.41) is 4.44. The van der Waals surface area contributed by atoms with Crippen LogP contribution in [0.2, 0.25) is 0 Å². The Morgan fingerprint density at radius 1 is 0.805 bits per heavy atom. The molecule has 0 amide bonds. The van der Waals surface area contributed by atoms with Gasteiger partial charge in [-0.15, -0.1) is 0 Å². The number of hydrogen-bond donors (Lipinski definition) is 0. The van der Waals surface area contributed by atoms with Crippen molar-refractivity contribution in [1.29, 1.82) is 0 Å². The zero-order valence-electron chi connectivity index (χ0n) is 28.9. The highest BCUT2D eigenvalue weighted by molar-refractivity contribution is 5.29. The van der Waals surface area contributed by atoms with Crippen LogP contribution >= 0.6 is 0 Å². The minimum absolute atomic E-state index is 0. The molecule has 5 rings (SSSR count). The lowest BCUT2D eigenvalue weighted by Crippen LogP contribution is -2.62. The third-order valence-electron chi connectivity index (χ3n) is 9.96. The second-order valence-electron chi connectivity index (χ2n) is 16.4. The second-order valence-corrected chi connectivity index (χ2v) is 16.4. The molecule has 4 aliphatic rings. The Kier molecular flexibility index (Phi) is 11.6. The lowest BCUT2D eigenvalue weighted by atomic mass is 9.68. The molecule has 1 aliphatic carbocycles. The topological polar surface area (TPSA) is 30.8 Å². The minimum atomic E-state index is 0. The van der Waals surface area contributed by atoms with E-state index >= 15 is 0 Å². The Labute approximate surface area is 255 Å². The summed E-state index contributed by atoms with van der Waals surface area (Å²) in [4.78, 5) is 10.1. The van der Waals surface area contributed by atoms with Crippen LogP contribution in [-0.4, -0.2) is 91.8 Å². The maximum absolute atomic E-state index is 4.44. The highest BCUT2D eigenvalue weighted by atomic mass is 15.3. The number of fused-ring (bicyclic) bond motifs is 1. The zero-order valence-corrected chi connectivity index (χ0v) is 28.9. The summed E-state index contributed by atoms with van der Waals surface area (Å²) in [5.41, 5.74) is 7.24. The summed E-state index contributed by atoms with van der Waals surface area (Å²) in [6.07, 6.45) is 6.54. The largest absolute Gasteiger partial charge is 0.301 e. The average Bonchev–Trinajstić information content (AvgIpc) is 3.36. The molecule has 238 valence electrons. The molecule has 0 bridgehead atoms. The van der Waals surface area contributed by atoms with Gasteiger partial charge in [0.1, 0.15) is 0 Å². The number of hydrogen-bond acceptors (Lipinski definition) is 5. The van der Waals surface area contributed by atoms with E-state index in [0.29, 0.717) is 22.5 Å². The zero-order chi connectivity index (χ0) is 30.3. The van der Waals surface area contributed by atoms with Gasteiger partial charge >= 0.3 is 0 Å². The molecule has 0 aromatic carbocycles. The molecule has 1 aromatic rings. The van der Waals surface area contributed by atoms with Gasteiger partial charge in [0.2, 0.25) is 0 Å². The Morgan fingerprint density at radius 3 is 1.80 bits per heavy atom. The normalized spacial score (nSPS) is 23.9. The van der Waals surface area contributed by atoms with E-state index in [-0.39, 0.29) is 13.0 Å². The van der Waals surface area contributed by atoms with Crippen LogP contribution in [0, 0.1) is 12.3 Å². The first-order chi connectivity index (χ1) is 18.2. The SMILES string of the molecule is C.CC1=CCC2(CC1)CN(C(C)(C)C)C2.CC1CN(C(C)(C)C)CCN1C.Cc1nn(C)c2c1CN(C(C)(C)C)C2. The van der Waals surface area contributed by atoms with Crippen LogP contribution in [0.4, 0.5) is 0 Å². The van der Waals surface area contributed by atoms with Crippen molar-refractivity contribution >= 4 is 0 Å². The van der Waals surface area contributed by atoms with E-state index in [1.165, 1.54) is 68.9 Å². The Hall–Kier alpha value is -1.21. The minimum Gasteiger partial charge on any atom is -0.301 e. The standard InChI is InChI=1S/C13H23N.C11H19N3.C10H22N2.CH4/c1-11-5-7-13(8-6-11)9-14(10-13)12(2,3)4;1-8-9-6-14(11(2,3)4)7-10(9)13(5)12-8;1-9-8-12(10(2,3)4)7-6-11(9)5;/h5H,6-10H2,1-4H3;6-7H2,1-5H3;9H,6-8H2,1-5H3;1H4. The average molecular weight is 573 g/mol. The third-order valence-corrected chi connectivity index (χ3v) is 9.96. The van der Waals surface area contributed by atoms with Gasteiger partial charge in [0.05, 0.1) is 11.4 Å². The van der Waals surface area contributed by atoms with Gasteiger partial charge in [-0.3, -0.25) is 19.4 Å². The van der Waals surface area contributed by atoms with Crippen molar-refractivity contribution < 1.29 is 0 Å². The van der Waals surface area contributed by atoms with E-state index in [9.17, 15) is 0 Å². The first-order valence-corrected chi connectivity index (χ1v) is 15.8. The lowest BCUT2D eigenvalue weighted by molar-refractivity contribution is -0.0642. The molecular weight excluding hydrogens is 504 g/mol. The Morgan fingerprint density at radius 2 is 1.37 bits per heavy atom. The number of likely N-dealkylation sites (N-methyl/N-ethyl adjacent to an activating group) is 1. The van der Waals surface area contributed by atoms with Crippen LogP contribution in [0.3, 0.4) is 0 Å². The van der Waals surface area contributed by atoms with E-state index in [1.54, 1.807) is 5.57 Å². The van der Waals surface area contributed by atoms with E-state index in [4.69, 9.17) is 0 Å². The number of nitrogens with zero attached hydrogens (tertiary/aromatic N) is 6. The molecule has 0 N–H and O–H groups in total. The Bertz CT molecular complexity index is 983. The summed E-state index contributed by atoms with van der Waals surface area (Å²) in [7, 11) is 4.25. The summed E-state index contributed by atoms with van der Waals surface area (Å²) in [5.74, 6) is 0. The molecule has 1 unspecified atom stereocenters. The summed E-state index contributed by atoms with van der Waals surface area (Å²) < 4.78 is 2.02. The molecule has 2 saturated heterocycles. The molecule has 4 heterocycles. The number of aryl methyl sites for hydroxylation is 2. The van der Waals surface area contributed by atoms with Gasteiger partial charge < -0.3 is 4.90 Å². The summed E-state index contributed by atoms with van der Waals surface area (Å²) in [6.45, 7) is 35.7. The predicted octanol–water partition coefficient (Wildman–Crippen LogP) is 7.12. The van der Waals surface area contributed by atoms with E-state index in [1.807, 2.05) is 11.7 Å². The molecule has 1 spiro atoms. The predicted molar refractivity (Wildman–Crippen MR) is 178 cm³/mol. The molecule has 41 heavy (non-hydrogen) atoms. The van der Waals surface area contributed by atoms with Crippen LogP contribution in [-0.2, 0) is 20.1 Å². The van der Waals surface area contributed by atoms with Gasteiger partial charge in [-0.05, 0) is 115 Å². The quantitative estimate of drug-likeness (QED) is 0.309. The van der Waals surface area contributed by atoms with Gasteiger partial charge in [-0.1, -0.05) is 19.1 Å². The first kappa shape index (κ1) is 36.0. The number of likely N-dealkylation sites (tertiary alicyclic amines) is 1. The van der Waals surface area contributed by atoms with Crippen molar-refractivity contribution in [3.8, 4) is 0 Å². The summed E-state index contributed by atoms with van der Waals surface area (Å²) in [6, 6.07) is 0.706. The second kappa shape index (κ2) is 13.2.